The molecule has 0 bridgehead atoms. The van der Waals surface area contributed by atoms with Gasteiger partial charge in [-0.2, -0.15) is 18.3 Å². The minimum atomic E-state index is -4.53. The molecule has 0 unspecified atom stereocenters. The highest BCUT2D eigenvalue weighted by molar-refractivity contribution is 5.93. The molecule has 3 aromatic rings. The number of halogens is 3. The minimum Gasteiger partial charge on any atom is -0.324 e. The van der Waals surface area contributed by atoms with Gasteiger partial charge in [-0.3, -0.25) is 9.69 Å². The Kier molecular flexibility index (Phi) is 5.97. The van der Waals surface area contributed by atoms with Crippen LogP contribution in [0.2, 0.25) is 0 Å². The van der Waals surface area contributed by atoms with E-state index in [4.69, 9.17) is 0 Å². The van der Waals surface area contributed by atoms with Crippen LogP contribution in [0.25, 0.3) is 5.69 Å². The summed E-state index contributed by atoms with van der Waals surface area (Å²) < 4.78 is 40.8. The van der Waals surface area contributed by atoms with Crippen molar-refractivity contribution in [3.63, 3.8) is 0 Å². The van der Waals surface area contributed by atoms with Gasteiger partial charge in [0, 0.05) is 6.04 Å². The van der Waals surface area contributed by atoms with Gasteiger partial charge < -0.3 is 5.32 Å². The molecule has 1 atom stereocenters. The molecular weight excluding hydrogens is 383 g/mol. The predicted molar refractivity (Wildman–Crippen MR) is 102 cm³/mol. The second kappa shape index (κ2) is 8.44. The van der Waals surface area contributed by atoms with Crippen molar-refractivity contribution in [3.8, 4) is 5.69 Å². The van der Waals surface area contributed by atoms with Crippen LogP contribution in [0.5, 0.6) is 0 Å². The number of benzene rings is 2. The van der Waals surface area contributed by atoms with Crippen molar-refractivity contribution in [2.24, 2.45) is 0 Å². The lowest BCUT2D eigenvalue weighted by molar-refractivity contribution is -0.137. The minimum absolute atomic E-state index is 0.0574. The Labute approximate surface area is 166 Å². The maximum Gasteiger partial charge on any atom is 0.418 e. The molecule has 0 aliphatic rings. The van der Waals surface area contributed by atoms with Crippen LogP contribution in [-0.2, 0) is 11.0 Å². The molecule has 0 radical (unpaired) electrons. The smallest absolute Gasteiger partial charge is 0.324 e. The third-order valence-electron chi connectivity index (χ3n) is 4.62. The van der Waals surface area contributed by atoms with Crippen LogP contribution in [0.3, 0.4) is 0 Å². The summed E-state index contributed by atoms with van der Waals surface area (Å²) in [5.41, 5.74) is 0.693. The first-order chi connectivity index (χ1) is 13.8. The van der Waals surface area contributed by atoms with E-state index in [1.54, 1.807) is 23.0 Å². The van der Waals surface area contributed by atoms with Crippen molar-refractivity contribution in [3.05, 3.63) is 72.3 Å². The van der Waals surface area contributed by atoms with Gasteiger partial charge in [0.1, 0.15) is 12.7 Å². The molecule has 29 heavy (non-hydrogen) atoms. The van der Waals surface area contributed by atoms with E-state index < -0.39 is 17.6 Å². The van der Waals surface area contributed by atoms with Crippen LogP contribution in [0.1, 0.15) is 24.1 Å². The van der Waals surface area contributed by atoms with Gasteiger partial charge in [-0.25, -0.2) is 9.67 Å². The van der Waals surface area contributed by atoms with Crippen LogP contribution in [0.15, 0.2) is 61.2 Å². The van der Waals surface area contributed by atoms with Gasteiger partial charge in [0.25, 0.3) is 0 Å². The number of carbonyl (C=O) groups excluding carboxylic acids is 1. The number of nitrogens with zero attached hydrogens (tertiary/aromatic N) is 4. The van der Waals surface area contributed by atoms with Crippen molar-refractivity contribution >= 4 is 11.6 Å². The zero-order chi connectivity index (χ0) is 21.0. The third-order valence-corrected chi connectivity index (χ3v) is 4.62. The highest BCUT2D eigenvalue weighted by Gasteiger charge is 2.33. The van der Waals surface area contributed by atoms with Gasteiger partial charge in [0.15, 0.2) is 0 Å². The molecule has 1 aromatic heterocycles. The molecule has 0 saturated heterocycles. The van der Waals surface area contributed by atoms with Crippen LogP contribution in [-0.4, -0.2) is 39.2 Å². The van der Waals surface area contributed by atoms with Crippen LogP contribution < -0.4 is 5.32 Å². The van der Waals surface area contributed by atoms with Crippen LogP contribution in [0, 0.1) is 0 Å². The lowest BCUT2D eigenvalue weighted by Gasteiger charge is -2.25. The van der Waals surface area contributed by atoms with E-state index in [0.29, 0.717) is 0 Å². The van der Waals surface area contributed by atoms with Crippen molar-refractivity contribution in [1.29, 1.82) is 0 Å². The van der Waals surface area contributed by atoms with Gasteiger partial charge in [-0.1, -0.05) is 24.3 Å². The van der Waals surface area contributed by atoms with E-state index in [1.807, 2.05) is 31.2 Å². The number of hydrogen-bond acceptors (Lipinski definition) is 4. The maximum absolute atomic E-state index is 13.1. The molecule has 0 aliphatic carbocycles. The summed E-state index contributed by atoms with van der Waals surface area (Å²) in [4.78, 5) is 18.0. The largest absolute Gasteiger partial charge is 0.418 e. The number of alkyl halides is 3. The third kappa shape index (κ3) is 5.00. The Balaban J connectivity index is 1.64. The molecule has 9 heteroatoms. The lowest BCUT2D eigenvalue weighted by atomic mass is 10.1. The van der Waals surface area contributed by atoms with Gasteiger partial charge in [0.2, 0.25) is 5.91 Å². The summed E-state index contributed by atoms with van der Waals surface area (Å²) in [6, 6.07) is 12.4. The Morgan fingerprint density at radius 3 is 2.48 bits per heavy atom. The molecule has 0 saturated carbocycles. The fraction of sp³-hybridized carbons (Fsp3) is 0.250. The summed E-state index contributed by atoms with van der Waals surface area (Å²) in [5, 5.41) is 6.42. The molecule has 0 spiro atoms. The zero-order valence-electron chi connectivity index (χ0n) is 15.9. The highest BCUT2D eigenvalue weighted by atomic mass is 19.4. The number of aromatic nitrogens is 3. The number of likely N-dealkylation sites (N-methyl/N-ethyl adjacent to an activating group) is 1. The van der Waals surface area contributed by atoms with Crippen molar-refractivity contribution in [1.82, 2.24) is 19.7 Å². The summed E-state index contributed by atoms with van der Waals surface area (Å²) in [6.07, 6.45) is -1.50. The molecule has 1 N–H and O–H groups in total. The van der Waals surface area contributed by atoms with Gasteiger partial charge >= 0.3 is 6.18 Å². The predicted octanol–water partition coefficient (Wildman–Crippen LogP) is 3.92. The molecule has 0 fully saturated rings. The van der Waals surface area contributed by atoms with Crippen molar-refractivity contribution < 1.29 is 18.0 Å². The number of para-hydroxylation sites is 1. The Morgan fingerprint density at radius 2 is 1.86 bits per heavy atom. The zero-order valence-corrected chi connectivity index (χ0v) is 15.9. The van der Waals surface area contributed by atoms with E-state index in [1.165, 1.54) is 24.5 Å². The molecule has 0 aliphatic heterocycles. The Morgan fingerprint density at radius 1 is 1.17 bits per heavy atom. The number of carbonyl (C=O) groups is 1. The highest BCUT2D eigenvalue weighted by Crippen LogP contribution is 2.34. The van der Waals surface area contributed by atoms with Crippen molar-refractivity contribution in [2.75, 3.05) is 18.9 Å². The standard InChI is InChI=1S/C20H20F3N5O/c1-14(15-7-9-16(10-8-15)28-13-24-12-25-28)27(2)11-19(29)26-18-6-4-3-5-17(18)20(21,22)23/h3-10,12-14H,11H2,1-2H3,(H,26,29)/t14-/m0/s1. The van der Waals surface area contributed by atoms with Crippen molar-refractivity contribution in [2.45, 2.75) is 19.1 Å². The molecule has 1 amide bonds. The summed E-state index contributed by atoms with van der Waals surface area (Å²) >= 11 is 0. The van der Waals surface area contributed by atoms with E-state index in [-0.39, 0.29) is 18.3 Å². The fourth-order valence-electron chi connectivity index (χ4n) is 2.89. The van der Waals surface area contributed by atoms with E-state index in [9.17, 15) is 18.0 Å². The Hall–Kier alpha value is -3.20. The first-order valence-electron chi connectivity index (χ1n) is 8.87. The number of amides is 1. The van der Waals surface area contributed by atoms with Crippen LogP contribution >= 0.6 is 0 Å². The van der Waals surface area contributed by atoms with Gasteiger partial charge in [0.05, 0.1) is 23.5 Å². The molecule has 3 rings (SSSR count). The van der Waals surface area contributed by atoms with E-state index >= 15 is 0 Å². The molecule has 6 nitrogen and oxygen atoms in total. The quantitative estimate of drug-likeness (QED) is 0.678. The molecule has 2 aromatic carbocycles. The average molecular weight is 403 g/mol. The van der Waals surface area contributed by atoms with E-state index in [0.717, 1.165) is 17.3 Å². The molecule has 1 heterocycles. The SMILES string of the molecule is C[C@@H](c1ccc(-n2cncn2)cc1)N(C)CC(=O)Nc1ccccc1C(F)(F)F. The normalized spacial score (nSPS) is 12.8. The maximum atomic E-state index is 13.1. The molecule has 152 valence electrons. The summed E-state index contributed by atoms with van der Waals surface area (Å²) in [7, 11) is 1.74. The van der Waals surface area contributed by atoms with Gasteiger partial charge in [-0.15, -0.1) is 0 Å². The first kappa shape index (κ1) is 20.5. The monoisotopic (exact) mass is 403 g/mol. The average Bonchev–Trinajstić information content (AvgIpc) is 3.22. The second-order valence-corrected chi connectivity index (χ2v) is 6.61. The fourth-order valence-corrected chi connectivity index (χ4v) is 2.89. The number of anilines is 1. The first-order valence-corrected chi connectivity index (χ1v) is 8.87. The number of nitrogens with one attached hydrogen (secondary N) is 1. The second-order valence-electron chi connectivity index (χ2n) is 6.61. The summed E-state index contributed by atoms with van der Waals surface area (Å²) in [5.74, 6) is -0.518. The lowest BCUT2D eigenvalue weighted by Crippen LogP contribution is -2.32. The number of hydrogen-bond donors (Lipinski definition) is 1. The van der Waals surface area contributed by atoms with E-state index in [2.05, 4.69) is 15.4 Å². The van der Waals surface area contributed by atoms with Gasteiger partial charge in [-0.05, 0) is 43.8 Å². The Bertz CT molecular complexity index is 955. The topological polar surface area (TPSA) is 63.1 Å². The molecular formula is C20H20F3N5O. The summed E-state index contributed by atoms with van der Waals surface area (Å²) in [6.45, 7) is 1.86. The number of rotatable bonds is 6. The van der Waals surface area contributed by atoms with Crippen LogP contribution in [0.4, 0.5) is 18.9 Å².